The summed E-state index contributed by atoms with van der Waals surface area (Å²) in [4.78, 5) is 22.9. The van der Waals surface area contributed by atoms with Gasteiger partial charge in [0.05, 0.1) is 5.92 Å². The first-order valence-electron chi connectivity index (χ1n) is 4.80. The van der Waals surface area contributed by atoms with Crippen LogP contribution in [-0.4, -0.2) is 25.3 Å². The Hall–Kier alpha value is -0.700. The number of carbonyl (C=O) groups is 2. The van der Waals surface area contributed by atoms with Crippen LogP contribution in [-0.2, 0) is 14.3 Å². The van der Waals surface area contributed by atoms with Crippen LogP contribution in [0.3, 0.4) is 0 Å². The number of rotatable bonds is 3. The van der Waals surface area contributed by atoms with E-state index in [1.807, 2.05) is 0 Å². The van der Waals surface area contributed by atoms with Crippen molar-refractivity contribution in [1.29, 1.82) is 0 Å². The van der Waals surface area contributed by atoms with Crippen LogP contribution in [0.2, 0.25) is 0 Å². The molecule has 0 aromatic heterocycles. The fourth-order valence-corrected chi connectivity index (χ4v) is 1.74. The second kappa shape index (κ2) is 5.12. The monoisotopic (exact) mass is 184 g/mol. The molecule has 0 amide bonds. The highest BCUT2D eigenvalue weighted by molar-refractivity contribution is 6.03. The quantitative estimate of drug-likeness (QED) is 0.491. The molecule has 1 saturated carbocycles. The lowest BCUT2D eigenvalue weighted by Gasteiger charge is -2.10. The van der Waals surface area contributed by atoms with E-state index >= 15 is 0 Å². The van der Waals surface area contributed by atoms with Gasteiger partial charge in [-0.2, -0.15) is 0 Å². The summed E-state index contributed by atoms with van der Waals surface area (Å²) in [6.45, 7) is 0.0798. The van der Waals surface area contributed by atoms with E-state index in [0.29, 0.717) is 6.42 Å². The molecule has 1 aliphatic carbocycles. The Morgan fingerprint density at radius 3 is 2.92 bits per heavy atom. The average molecular weight is 184 g/mol. The molecule has 1 rings (SSSR count). The summed E-state index contributed by atoms with van der Waals surface area (Å²) in [5.74, 6) is -0.309. The Morgan fingerprint density at radius 1 is 1.46 bits per heavy atom. The molecule has 0 spiro atoms. The van der Waals surface area contributed by atoms with Crippen LogP contribution in [0.15, 0.2) is 0 Å². The SMILES string of the molecule is COCC(=O)C1CCCCCC1=O. The Bertz CT molecular complexity index is 198. The molecule has 3 nitrogen and oxygen atoms in total. The highest BCUT2D eigenvalue weighted by Gasteiger charge is 2.26. The summed E-state index contributed by atoms with van der Waals surface area (Å²) in [6, 6.07) is 0. The van der Waals surface area contributed by atoms with E-state index in [1.165, 1.54) is 7.11 Å². The third kappa shape index (κ3) is 2.92. The summed E-state index contributed by atoms with van der Waals surface area (Å²) in [5, 5.41) is 0. The smallest absolute Gasteiger partial charge is 0.168 e. The van der Waals surface area contributed by atoms with Crippen LogP contribution in [0.5, 0.6) is 0 Å². The van der Waals surface area contributed by atoms with Gasteiger partial charge >= 0.3 is 0 Å². The summed E-state index contributed by atoms with van der Waals surface area (Å²) in [5.41, 5.74) is 0. The molecule has 1 atom stereocenters. The van der Waals surface area contributed by atoms with Crippen molar-refractivity contribution in [3.63, 3.8) is 0 Å². The molecule has 3 heteroatoms. The van der Waals surface area contributed by atoms with Crippen molar-refractivity contribution in [1.82, 2.24) is 0 Å². The van der Waals surface area contributed by atoms with Gasteiger partial charge in [-0.25, -0.2) is 0 Å². The molecule has 13 heavy (non-hydrogen) atoms. The summed E-state index contributed by atoms with van der Waals surface area (Å²) in [6.07, 6.45) is 4.30. The van der Waals surface area contributed by atoms with E-state index in [9.17, 15) is 9.59 Å². The van der Waals surface area contributed by atoms with Crippen molar-refractivity contribution in [2.45, 2.75) is 32.1 Å². The zero-order valence-corrected chi connectivity index (χ0v) is 8.04. The fourth-order valence-electron chi connectivity index (χ4n) is 1.74. The van der Waals surface area contributed by atoms with Crippen LogP contribution in [0.4, 0.5) is 0 Å². The van der Waals surface area contributed by atoms with Crippen LogP contribution >= 0.6 is 0 Å². The Labute approximate surface area is 78.5 Å². The molecule has 0 aliphatic heterocycles. The first-order valence-corrected chi connectivity index (χ1v) is 4.80. The van der Waals surface area contributed by atoms with E-state index in [-0.39, 0.29) is 24.1 Å². The molecule has 0 bridgehead atoms. The van der Waals surface area contributed by atoms with Crippen molar-refractivity contribution < 1.29 is 14.3 Å². The molecule has 0 N–H and O–H groups in total. The molecule has 0 aromatic rings. The highest BCUT2D eigenvalue weighted by Crippen LogP contribution is 2.20. The molecular weight excluding hydrogens is 168 g/mol. The molecule has 0 radical (unpaired) electrons. The molecule has 0 heterocycles. The average Bonchev–Trinajstić information content (AvgIpc) is 2.30. The van der Waals surface area contributed by atoms with Crippen LogP contribution in [0.25, 0.3) is 0 Å². The number of Topliss-reactive ketones (excluding diaryl/α,β-unsaturated/α-hetero) is 2. The first-order chi connectivity index (χ1) is 6.25. The molecule has 1 aliphatic rings. The Morgan fingerprint density at radius 2 is 2.23 bits per heavy atom. The molecule has 1 unspecified atom stereocenters. The summed E-state index contributed by atoms with van der Waals surface area (Å²) >= 11 is 0. The molecule has 1 fully saturated rings. The third-order valence-corrected chi connectivity index (χ3v) is 2.48. The van der Waals surface area contributed by atoms with Gasteiger partial charge in [0, 0.05) is 13.5 Å². The number of carbonyl (C=O) groups excluding carboxylic acids is 2. The minimum atomic E-state index is -0.373. The van der Waals surface area contributed by atoms with Crippen molar-refractivity contribution >= 4 is 11.6 Å². The van der Waals surface area contributed by atoms with Gasteiger partial charge in [-0.3, -0.25) is 9.59 Å². The fraction of sp³-hybridized carbons (Fsp3) is 0.800. The minimum absolute atomic E-state index is 0.0469. The van der Waals surface area contributed by atoms with E-state index in [4.69, 9.17) is 4.74 Å². The van der Waals surface area contributed by atoms with E-state index in [0.717, 1.165) is 25.7 Å². The second-order valence-electron chi connectivity index (χ2n) is 3.52. The van der Waals surface area contributed by atoms with Crippen LogP contribution in [0, 0.1) is 5.92 Å². The maximum absolute atomic E-state index is 11.5. The van der Waals surface area contributed by atoms with Gasteiger partial charge in [0.15, 0.2) is 5.78 Å². The molecular formula is C10H16O3. The number of methoxy groups -OCH3 is 1. The Kier molecular flexibility index (Phi) is 4.09. The second-order valence-corrected chi connectivity index (χ2v) is 3.52. The summed E-state index contributed by atoms with van der Waals surface area (Å²) < 4.78 is 4.74. The van der Waals surface area contributed by atoms with Gasteiger partial charge in [0.1, 0.15) is 12.4 Å². The first kappa shape index (κ1) is 10.4. The lowest BCUT2D eigenvalue weighted by atomic mass is 9.95. The van der Waals surface area contributed by atoms with E-state index in [1.54, 1.807) is 0 Å². The van der Waals surface area contributed by atoms with Gasteiger partial charge < -0.3 is 4.74 Å². The maximum Gasteiger partial charge on any atom is 0.168 e. The number of ketones is 2. The van der Waals surface area contributed by atoms with Crippen LogP contribution < -0.4 is 0 Å². The van der Waals surface area contributed by atoms with Crippen molar-refractivity contribution in [3.8, 4) is 0 Å². The lowest BCUT2D eigenvalue weighted by molar-refractivity contribution is -0.134. The largest absolute Gasteiger partial charge is 0.377 e. The molecule has 0 aromatic carbocycles. The Balaban J connectivity index is 2.53. The van der Waals surface area contributed by atoms with E-state index in [2.05, 4.69) is 0 Å². The maximum atomic E-state index is 11.5. The number of ether oxygens (including phenoxy) is 1. The van der Waals surface area contributed by atoms with Crippen molar-refractivity contribution in [2.24, 2.45) is 5.92 Å². The standard InChI is InChI=1S/C10H16O3/c1-13-7-10(12)8-5-3-2-4-6-9(8)11/h8H,2-7H2,1H3. The zero-order chi connectivity index (χ0) is 9.68. The summed E-state index contributed by atoms with van der Waals surface area (Å²) in [7, 11) is 1.49. The van der Waals surface area contributed by atoms with Gasteiger partial charge in [0.25, 0.3) is 0 Å². The van der Waals surface area contributed by atoms with E-state index < -0.39 is 0 Å². The number of hydrogen-bond donors (Lipinski definition) is 0. The van der Waals surface area contributed by atoms with Gasteiger partial charge in [-0.1, -0.05) is 12.8 Å². The van der Waals surface area contributed by atoms with Crippen LogP contribution in [0.1, 0.15) is 32.1 Å². The normalized spacial score (nSPS) is 24.1. The third-order valence-electron chi connectivity index (χ3n) is 2.48. The van der Waals surface area contributed by atoms with Gasteiger partial charge in [0.2, 0.25) is 0 Å². The molecule has 0 saturated heterocycles. The van der Waals surface area contributed by atoms with Crippen molar-refractivity contribution in [2.75, 3.05) is 13.7 Å². The predicted octanol–water partition coefficient (Wildman–Crippen LogP) is 1.35. The topological polar surface area (TPSA) is 43.4 Å². The lowest BCUT2D eigenvalue weighted by Crippen LogP contribution is -2.26. The molecule has 74 valence electrons. The highest BCUT2D eigenvalue weighted by atomic mass is 16.5. The predicted molar refractivity (Wildman–Crippen MR) is 48.5 cm³/mol. The van der Waals surface area contributed by atoms with Gasteiger partial charge in [-0.05, 0) is 12.8 Å². The zero-order valence-electron chi connectivity index (χ0n) is 8.04. The van der Waals surface area contributed by atoms with Gasteiger partial charge in [-0.15, -0.1) is 0 Å². The minimum Gasteiger partial charge on any atom is -0.377 e. The number of hydrogen-bond acceptors (Lipinski definition) is 3. The van der Waals surface area contributed by atoms with Crippen molar-refractivity contribution in [3.05, 3.63) is 0 Å².